The molecular weight excluding hydrogens is 338 g/mol. The molecule has 0 heteroatoms. The average molecular weight is 397 g/mol. The first-order chi connectivity index (χ1) is 13.9. The Morgan fingerprint density at radius 1 is 0.286 bits per heavy atom. The van der Waals surface area contributed by atoms with Crippen molar-refractivity contribution in [2.75, 3.05) is 0 Å². The van der Waals surface area contributed by atoms with Crippen LogP contribution in [-0.2, 0) is 0 Å². The minimum absolute atomic E-state index is 1.37. The first kappa shape index (κ1) is 28.0. The fourth-order valence-electron chi connectivity index (χ4n) is 4.39. The van der Waals surface area contributed by atoms with Crippen molar-refractivity contribution in [1.29, 1.82) is 0 Å². The Bertz CT molecular complexity index is 218. The Morgan fingerprint density at radius 3 is 0.643 bits per heavy atom. The van der Waals surface area contributed by atoms with Crippen molar-refractivity contribution in [3.8, 4) is 0 Å². The number of hydrogen-bond acceptors (Lipinski definition) is 0. The molecule has 28 heavy (non-hydrogen) atoms. The Morgan fingerprint density at radius 2 is 0.464 bits per heavy atom. The zero-order valence-corrected chi connectivity index (χ0v) is 20.4. The van der Waals surface area contributed by atoms with E-state index in [4.69, 9.17) is 0 Å². The minimum atomic E-state index is 1.37. The molecule has 0 atom stereocenters. The van der Waals surface area contributed by atoms with Crippen LogP contribution in [0.15, 0.2) is 0 Å². The van der Waals surface area contributed by atoms with Crippen molar-refractivity contribution in [3.63, 3.8) is 0 Å². The Kier molecular flexibility index (Phi) is 27.0. The van der Waals surface area contributed by atoms with Crippen molar-refractivity contribution in [2.45, 2.75) is 181 Å². The quantitative estimate of drug-likeness (QED) is 0.135. The zero-order chi connectivity index (χ0) is 20.4. The van der Waals surface area contributed by atoms with Gasteiger partial charge in [-0.15, -0.1) is 0 Å². The lowest BCUT2D eigenvalue weighted by Crippen LogP contribution is -1.84. The summed E-state index contributed by atoms with van der Waals surface area (Å²) in [4.78, 5) is 0. The Hall–Kier alpha value is 0. The molecule has 0 aromatic rings. The maximum absolute atomic E-state index is 2.30. The summed E-state index contributed by atoms with van der Waals surface area (Å²) < 4.78 is 0. The molecule has 0 heterocycles. The summed E-state index contributed by atoms with van der Waals surface area (Å²) in [6.45, 7) is 4.61. The molecule has 0 bridgehead atoms. The van der Waals surface area contributed by atoms with Crippen LogP contribution in [0.1, 0.15) is 181 Å². The molecule has 0 aliphatic carbocycles. The summed E-state index contributed by atoms with van der Waals surface area (Å²) in [5, 5.41) is 0. The molecule has 170 valence electrons. The van der Waals surface area contributed by atoms with E-state index in [-0.39, 0.29) is 0 Å². The molecule has 0 rings (SSSR count). The molecule has 0 amide bonds. The van der Waals surface area contributed by atoms with Gasteiger partial charge in [0.25, 0.3) is 0 Å². The minimum Gasteiger partial charge on any atom is -0.0654 e. The molecule has 0 unspecified atom stereocenters. The predicted octanol–water partition coefficient (Wildman–Crippen LogP) is 11.2. The largest absolute Gasteiger partial charge is 0.0654 e. The van der Waals surface area contributed by atoms with Gasteiger partial charge < -0.3 is 0 Å². The normalized spacial score (nSPS) is 11.4. The standard InChI is InChI=1S/C28H58/c1-3-5-7-9-11-13-15-17-19-21-23-25-27-28-26-24-22-20-18-16-14-12-10-8-6-4-2/h3-28H2,1-2H3/i1+2. The van der Waals surface area contributed by atoms with Crippen LogP contribution in [0.2, 0.25) is 0 Å². The van der Waals surface area contributed by atoms with Crippen molar-refractivity contribution < 1.29 is 0 Å². The molecule has 0 aliphatic heterocycles. The van der Waals surface area contributed by atoms with Crippen LogP contribution >= 0.6 is 0 Å². The van der Waals surface area contributed by atoms with Gasteiger partial charge in [-0.2, -0.15) is 0 Å². The smallest absolute Gasteiger partial charge is 0.0533 e. The van der Waals surface area contributed by atoms with Gasteiger partial charge in [-0.25, -0.2) is 0 Å². The van der Waals surface area contributed by atoms with Gasteiger partial charge in [-0.1, -0.05) is 181 Å². The monoisotopic (exact) mass is 396 g/mol. The van der Waals surface area contributed by atoms with Crippen LogP contribution in [0.4, 0.5) is 0 Å². The topological polar surface area (TPSA) is 0 Å². The van der Waals surface area contributed by atoms with E-state index < -0.39 is 0 Å². The lowest BCUT2D eigenvalue weighted by Gasteiger charge is -2.04. The summed E-state index contributed by atoms with van der Waals surface area (Å²) in [7, 11) is 0. The van der Waals surface area contributed by atoms with Crippen LogP contribution in [0.5, 0.6) is 0 Å². The molecule has 0 saturated carbocycles. The molecule has 0 aromatic carbocycles. The van der Waals surface area contributed by atoms with Crippen LogP contribution in [0.3, 0.4) is 0 Å². The first-order valence-electron chi connectivity index (χ1n) is 13.9. The van der Waals surface area contributed by atoms with E-state index >= 15 is 0 Å². The molecule has 0 fully saturated rings. The highest BCUT2D eigenvalue weighted by molar-refractivity contribution is 4.51. The van der Waals surface area contributed by atoms with Crippen LogP contribution in [0.25, 0.3) is 0 Å². The van der Waals surface area contributed by atoms with E-state index in [1.807, 2.05) is 0 Å². The fourth-order valence-corrected chi connectivity index (χ4v) is 4.39. The van der Waals surface area contributed by atoms with Gasteiger partial charge in [-0.05, 0) is 0 Å². The van der Waals surface area contributed by atoms with Crippen molar-refractivity contribution in [1.82, 2.24) is 0 Å². The molecule has 0 aliphatic rings. The lowest BCUT2D eigenvalue weighted by atomic mass is 10.0. The second-order valence-corrected chi connectivity index (χ2v) is 9.49. The van der Waals surface area contributed by atoms with Gasteiger partial charge in [0.05, 0.1) is 0 Å². The summed E-state index contributed by atoms with van der Waals surface area (Å²) in [6, 6.07) is 0. The van der Waals surface area contributed by atoms with Crippen molar-refractivity contribution in [3.05, 3.63) is 0 Å². The highest BCUT2D eigenvalue weighted by atomic mass is 14.5. The van der Waals surface area contributed by atoms with Gasteiger partial charge in [0.2, 0.25) is 0 Å². The van der Waals surface area contributed by atoms with Crippen molar-refractivity contribution >= 4 is 0 Å². The molecule has 0 spiro atoms. The fraction of sp³-hybridized carbons (Fsp3) is 1.00. The van der Waals surface area contributed by atoms with Gasteiger partial charge in [0.15, 0.2) is 0 Å². The first-order valence-corrected chi connectivity index (χ1v) is 13.9. The molecular formula is C28H58. The van der Waals surface area contributed by atoms with E-state index in [2.05, 4.69) is 13.8 Å². The van der Waals surface area contributed by atoms with Gasteiger partial charge in [-0.3, -0.25) is 0 Å². The second-order valence-electron chi connectivity index (χ2n) is 9.49. The summed E-state index contributed by atoms with van der Waals surface area (Å²) >= 11 is 0. The highest BCUT2D eigenvalue weighted by Gasteiger charge is 1.96. The number of hydrogen-bond donors (Lipinski definition) is 0. The summed E-state index contributed by atoms with van der Waals surface area (Å²) in [6.07, 6.45) is 38.4. The summed E-state index contributed by atoms with van der Waals surface area (Å²) in [5.74, 6) is 0. The van der Waals surface area contributed by atoms with Crippen LogP contribution in [-0.4, -0.2) is 0 Å². The van der Waals surface area contributed by atoms with E-state index in [0.717, 1.165) is 0 Å². The third-order valence-electron chi connectivity index (χ3n) is 6.46. The number of rotatable bonds is 25. The third-order valence-corrected chi connectivity index (χ3v) is 6.46. The van der Waals surface area contributed by atoms with E-state index in [1.54, 1.807) is 0 Å². The Labute approximate surface area is 181 Å². The van der Waals surface area contributed by atoms with E-state index in [9.17, 15) is 0 Å². The third kappa shape index (κ3) is 26.0. The zero-order valence-electron chi connectivity index (χ0n) is 20.4. The summed E-state index contributed by atoms with van der Waals surface area (Å²) in [5.41, 5.74) is 0. The molecule has 0 saturated heterocycles. The average Bonchev–Trinajstić information content (AvgIpc) is 2.71. The maximum Gasteiger partial charge on any atom is -0.0533 e. The second kappa shape index (κ2) is 27.0. The Balaban J connectivity index is 2.96. The van der Waals surface area contributed by atoms with E-state index in [0.29, 0.717) is 0 Å². The van der Waals surface area contributed by atoms with E-state index in [1.165, 1.54) is 167 Å². The highest BCUT2D eigenvalue weighted by Crippen LogP contribution is 2.15. The number of unbranched alkanes of at least 4 members (excludes halogenated alkanes) is 25. The van der Waals surface area contributed by atoms with Gasteiger partial charge >= 0.3 is 0 Å². The van der Waals surface area contributed by atoms with Crippen molar-refractivity contribution in [2.24, 2.45) is 0 Å². The molecule has 0 N–H and O–H groups in total. The van der Waals surface area contributed by atoms with Crippen LogP contribution in [0, 0.1) is 0 Å². The molecule has 0 nitrogen and oxygen atoms in total. The molecule has 0 radical (unpaired) electrons. The van der Waals surface area contributed by atoms with Gasteiger partial charge in [0, 0.05) is 0 Å². The SMILES string of the molecule is CCCCCCCCCCCCCCCCCCCCCCCCCCC[14CH3]. The molecule has 0 aromatic heterocycles. The van der Waals surface area contributed by atoms with Gasteiger partial charge in [0.1, 0.15) is 0 Å². The van der Waals surface area contributed by atoms with Crippen LogP contribution < -0.4 is 0 Å². The maximum atomic E-state index is 2.30. The lowest BCUT2D eigenvalue weighted by molar-refractivity contribution is 0.516. The predicted molar refractivity (Wildman–Crippen MR) is 131 cm³/mol.